The standard InChI is InChI=1S/C11H16N2O3/c12-7-10(15)5-9(14)6-11(16)8-13-3-1-2-4-13/h11,16H,1-6,8H2/t11-/m1/s1. The van der Waals surface area contributed by atoms with E-state index in [1.807, 2.05) is 0 Å². The molecule has 0 unspecified atom stereocenters. The van der Waals surface area contributed by atoms with Crippen LogP contribution in [0, 0.1) is 11.3 Å². The number of nitrogens with zero attached hydrogens (tertiary/aromatic N) is 2. The van der Waals surface area contributed by atoms with Crippen molar-refractivity contribution in [1.29, 1.82) is 5.26 Å². The molecule has 1 aliphatic heterocycles. The summed E-state index contributed by atoms with van der Waals surface area (Å²) in [5.41, 5.74) is 0. The lowest BCUT2D eigenvalue weighted by Crippen LogP contribution is -2.31. The number of rotatable bonds is 6. The molecule has 1 fully saturated rings. The number of aliphatic hydroxyl groups is 1. The Bertz CT molecular complexity index is 303. The smallest absolute Gasteiger partial charge is 0.239 e. The Balaban J connectivity index is 2.22. The minimum absolute atomic E-state index is 0.0378. The van der Waals surface area contributed by atoms with Crippen LogP contribution in [0.15, 0.2) is 0 Å². The van der Waals surface area contributed by atoms with Gasteiger partial charge in [0.2, 0.25) is 5.78 Å². The third kappa shape index (κ3) is 4.51. The van der Waals surface area contributed by atoms with Crippen molar-refractivity contribution in [3.8, 4) is 6.07 Å². The molecule has 0 aromatic rings. The third-order valence-electron chi connectivity index (χ3n) is 2.61. The molecular formula is C11H16N2O3. The van der Waals surface area contributed by atoms with Gasteiger partial charge in [-0.1, -0.05) is 0 Å². The molecule has 1 aliphatic rings. The fraction of sp³-hybridized carbons (Fsp3) is 0.727. The van der Waals surface area contributed by atoms with Gasteiger partial charge in [-0.2, -0.15) is 5.26 Å². The van der Waals surface area contributed by atoms with Gasteiger partial charge in [-0.05, 0) is 25.9 Å². The molecule has 0 aliphatic carbocycles. The second kappa shape index (κ2) is 6.36. The average molecular weight is 224 g/mol. The van der Waals surface area contributed by atoms with Crippen molar-refractivity contribution in [2.75, 3.05) is 19.6 Å². The monoisotopic (exact) mass is 224 g/mol. The molecule has 0 spiro atoms. The number of hydrogen-bond acceptors (Lipinski definition) is 5. The summed E-state index contributed by atoms with van der Waals surface area (Å²) in [5.74, 6) is -1.10. The van der Waals surface area contributed by atoms with Crippen LogP contribution in [-0.2, 0) is 9.59 Å². The number of ketones is 2. The van der Waals surface area contributed by atoms with Crippen LogP contribution >= 0.6 is 0 Å². The topological polar surface area (TPSA) is 81.4 Å². The largest absolute Gasteiger partial charge is 0.391 e. The average Bonchev–Trinajstić information content (AvgIpc) is 2.69. The van der Waals surface area contributed by atoms with E-state index < -0.39 is 11.9 Å². The van der Waals surface area contributed by atoms with E-state index in [0.717, 1.165) is 25.9 Å². The number of nitriles is 1. The van der Waals surface area contributed by atoms with E-state index in [9.17, 15) is 14.7 Å². The molecule has 88 valence electrons. The van der Waals surface area contributed by atoms with Gasteiger partial charge in [0.05, 0.1) is 12.5 Å². The molecule has 1 heterocycles. The molecule has 16 heavy (non-hydrogen) atoms. The molecule has 5 nitrogen and oxygen atoms in total. The van der Waals surface area contributed by atoms with Crippen molar-refractivity contribution < 1.29 is 14.7 Å². The van der Waals surface area contributed by atoms with Crippen molar-refractivity contribution in [3.05, 3.63) is 0 Å². The molecule has 1 saturated heterocycles. The summed E-state index contributed by atoms with van der Waals surface area (Å²) in [6.45, 7) is 2.40. The summed E-state index contributed by atoms with van der Waals surface area (Å²) < 4.78 is 0. The van der Waals surface area contributed by atoms with Crippen LogP contribution in [-0.4, -0.2) is 47.3 Å². The zero-order chi connectivity index (χ0) is 12.0. The molecule has 1 rings (SSSR count). The van der Waals surface area contributed by atoms with Gasteiger partial charge >= 0.3 is 0 Å². The summed E-state index contributed by atoms with van der Waals surface area (Å²) in [6, 6.07) is 1.39. The molecule has 0 bridgehead atoms. The van der Waals surface area contributed by atoms with Gasteiger partial charge in [0.25, 0.3) is 0 Å². The van der Waals surface area contributed by atoms with E-state index >= 15 is 0 Å². The van der Waals surface area contributed by atoms with Crippen molar-refractivity contribution in [2.45, 2.75) is 31.8 Å². The Kier molecular flexibility index (Phi) is 5.09. The van der Waals surface area contributed by atoms with Crippen molar-refractivity contribution >= 4 is 11.6 Å². The van der Waals surface area contributed by atoms with Crippen LogP contribution in [0.4, 0.5) is 0 Å². The highest BCUT2D eigenvalue weighted by Crippen LogP contribution is 2.09. The molecule has 0 aromatic heterocycles. The van der Waals surface area contributed by atoms with E-state index in [2.05, 4.69) is 4.90 Å². The Morgan fingerprint density at radius 2 is 2.00 bits per heavy atom. The summed E-state index contributed by atoms with van der Waals surface area (Å²) in [6.07, 6.45) is 1.12. The fourth-order valence-corrected chi connectivity index (χ4v) is 1.88. The van der Waals surface area contributed by atoms with Crippen LogP contribution in [0.1, 0.15) is 25.7 Å². The summed E-state index contributed by atoms with van der Waals surface area (Å²) in [7, 11) is 0. The van der Waals surface area contributed by atoms with Crippen molar-refractivity contribution in [1.82, 2.24) is 4.90 Å². The van der Waals surface area contributed by atoms with Gasteiger partial charge in [-0.3, -0.25) is 9.59 Å². The minimum atomic E-state index is -0.738. The lowest BCUT2D eigenvalue weighted by Gasteiger charge is -2.18. The maximum Gasteiger partial charge on any atom is 0.239 e. The predicted molar refractivity (Wildman–Crippen MR) is 56.5 cm³/mol. The lowest BCUT2D eigenvalue weighted by molar-refractivity contribution is -0.125. The maximum atomic E-state index is 11.2. The number of β-amino-alcohol motifs (C(OH)–C–C–N with tert-alkyl or cyclic N) is 1. The van der Waals surface area contributed by atoms with E-state index in [-0.39, 0.29) is 18.6 Å². The van der Waals surface area contributed by atoms with Gasteiger partial charge in [0.15, 0.2) is 0 Å². The first kappa shape index (κ1) is 12.8. The van der Waals surface area contributed by atoms with Gasteiger partial charge in [-0.15, -0.1) is 0 Å². The number of Topliss-reactive ketones (excluding diaryl/α,β-unsaturated/α-hetero) is 2. The van der Waals surface area contributed by atoms with Crippen LogP contribution in [0.5, 0.6) is 0 Å². The second-order valence-corrected chi connectivity index (χ2v) is 4.12. The Morgan fingerprint density at radius 3 is 2.56 bits per heavy atom. The maximum absolute atomic E-state index is 11.2. The highest BCUT2D eigenvalue weighted by Gasteiger charge is 2.19. The zero-order valence-electron chi connectivity index (χ0n) is 9.19. The number of hydrogen-bond donors (Lipinski definition) is 1. The van der Waals surface area contributed by atoms with Gasteiger partial charge in [0.1, 0.15) is 11.9 Å². The first-order valence-corrected chi connectivity index (χ1v) is 5.47. The summed E-state index contributed by atoms with van der Waals surface area (Å²) >= 11 is 0. The Labute approximate surface area is 94.7 Å². The molecular weight excluding hydrogens is 208 g/mol. The van der Waals surface area contributed by atoms with Crippen LogP contribution in [0.25, 0.3) is 0 Å². The first-order valence-electron chi connectivity index (χ1n) is 5.47. The minimum Gasteiger partial charge on any atom is -0.391 e. The Morgan fingerprint density at radius 1 is 1.38 bits per heavy atom. The molecule has 0 amide bonds. The van der Waals surface area contributed by atoms with Crippen molar-refractivity contribution in [3.63, 3.8) is 0 Å². The van der Waals surface area contributed by atoms with E-state index in [4.69, 9.17) is 5.26 Å². The SMILES string of the molecule is N#CC(=O)CC(=O)C[C@@H](O)CN1CCCC1. The quantitative estimate of drug-likeness (QED) is 0.502. The summed E-state index contributed by atoms with van der Waals surface area (Å²) in [4.78, 5) is 24.0. The number of likely N-dealkylation sites (tertiary alicyclic amines) is 1. The van der Waals surface area contributed by atoms with Gasteiger partial charge in [-0.25, -0.2) is 0 Å². The third-order valence-corrected chi connectivity index (χ3v) is 2.61. The number of aliphatic hydroxyl groups excluding tert-OH is 1. The van der Waals surface area contributed by atoms with E-state index in [1.54, 1.807) is 0 Å². The molecule has 0 radical (unpaired) electrons. The normalized spacial score (nSPS) is 18.0. The van der Waals surface area contributed by atoms with Crippen LogP contribution < -0.4 is 0 Å². The highest BCUT2D eigenvalue weighted by molar-refractivity contribution is 6.06. The molecule has 1 atom stereocenters. The molecule has 1 N–H and O–H groups in total. The second-order valence-electron chi connectivity index (χ2n) is 4.12. The first-order chi connectivity index (χ1) is 7.61. The fourth-order valence-electron chi connectivity index (χ4n) is 1.88. The highest BCUT2D eigenvalue weighted by atomic mass is 16.3. The van der Waals surface area contributed by atoms with Gasteiger partial charge in [0, 0.05) is 13.0 Å². The van der Waals surface area contributed by atoms with E-state index in [1.165, 1.54) is 6.07 Å². The number of carbonyl (C=O) groups excluding carboxylic acids is 2. The molecule has 5 heteroatoms. The molecule has 0 aromatic carbocycles. The van der Waals surface area contributed by atoms with Crippen molar-refractivity contribution in [2.24, 2.45) is 0 Å². The van der Waals surface area contributed by atoms with Crippen LogP contribution in [0.3, 0.4) is 0 Å². The van der Waals surface area contributed by atoms with Crippen LogP contribution in [0.2, 0.25) is 0 Å². The predicted octanol–water partition coefficient (Wildman–Crippen LogP) is -0.115. The number of carbonyl (C=O) groups is 2. The lowest BCUT2D eigenvalue weighted by atomic mass is 10.1. The van der Waals surface area contributed by atoms with E-state index in [0.29, 0.717) is 6.54 Å². The van der Waals surface area contributed by atoms with Gasteiger partial charge < -0.3 is 10.0 Å². The molecule has 0 saturated carbocycles. The zero-order valence-corrected chi connectivity index (χ0v) is 9.19. The summed E-state index contributed by atoms with van der Waals surface area (Å²) in [5, 5.41) is 17.8. The Hall–Kier alpha value is -1.25.